The fourth-order valence-corrected chi connectivity index (χ4v) is 2.72. The predicted molar refractivity (Wildman–Crippen MR) is 80.6 cm³/mol. The molecule has 0 aliphatic carbocycles. The molecule has 0 bridgehead atoms. The van der Waals surface area contributed by atoms with Crippen LogP contribution in [0.25, 0.3) is 16.7 Å². The summed E-state index contributed by atoms with van der Waals surface area (Å²) in [6, 6.07) is 9.53. The van der Waals surface area contributed by atoms with Crippen molar-refractivity contribution in [1.82, 2.24) is 9.55 Å². The second-order valence-corrected chi connectivity index (χ2v) is 5.28. The minimum atomic E-state index is -0.381. The van der Waals surface area contributed by atoms with Gasteiger partial charge in [0.15, 0.2) is 0 Å². The summed E-state index contributed by atoms with van der Waals surface area (Å²) in [6.45, 7) is 0. The van der Waals surface area contributed by atoms with Crippen molar-refractivity contribution >= 4 is 45.8 Å². The Bertz CT molecular complexity index is 798. The highest BCUT2D eigenvalue weighted by molar-refractivity contribution is 6.35. The van der Waals surface area contributed by atoms with Crippen molar-refractivity contribution in [1.29, 1.82) is 0 Å². The molecule has 2 aromatic carbocycles. The van der Waals surface area contributed by atoms with E-state index < -0.39 is 0 Å². The minimum absolute atomic E-state index is 0.165. The molecule has 102 valence electrons. The molecule has 0 N–H and O–H groups in total. The second kappa shape index (κ2) is 5.24. The monoisotopic (exact) mass is 328 g/mol. The molecule has 0 aliphatic heterocycles. The average molecular weight is 330 g/mol. The van der Waals surface area contributed by atoms with Gasteiger partial charge < -0.3 is 0 Å². The number of hydrogen-bond donors (Lipinski definition) is 0. The van der Waals surface area contributed by atoms with E-state index in [1.807, 2.05) is 6.07 Å². The van der Waals surface area contributed by atoms with Crippen molar-refractivity contribution in [2.75, 3.05) is 0 Å². The van der Waals surface area contributed by atoms with E-state index in [9.17, 15) is 4.39 Å². The van der Waals surface area contributed by atoms with Gasteiger partial charge in [-0.15, -0.1) is 11.6 Å². The van der Waals surface area contributed by atoms with Crippen LogP contribution in [-0.2, 0) is 5.88 Å². The summed E-state index contributed by atoms with van der Waals surface area (Å²) in [7, 11) is 0. The molecular weight excluding hydrogens is 322 g/mol. The van der Waals surface area contributed by atoms with E-state index in [0.29, 0.717) is 27.1 Å². The van der Waals surface area contributed by atoms with Gasteiger partial charge in [0.25, 0.3) is 0 Å². The Morgan fingerprint density at radius 1 is 1.10 bits per heavy atom. The van der Waals surface area contributed by atoms with E-state index in [4.69, 9.17) is 34.8 Å². The molecule has 6 heteroatoms. The maximum atomic E-state index is 13.5. The largest absolute Gasteiger partial charge is 0.294 e. The van der Waals surface area contributed by atoms with Gasteiger partial charge in [0.2, 0.25) is 0 Å². The Hall–Kier alpha value is -1.29. The molecule has 0 spiro atoms. The van der Waals surface area contributed by atoms with Crippen LogP contribution < -0.4 is 0 Å². The Morgan fingerprint density at radius 2 is 1.90 bits per heavy atom. The highest BCUT2D eigenvalue weighted by Gasteiger charge is 2.16. The molecule has 0 unspecified atom stereocenters. The summed E-state index contributed by atoms with van der Waals surface area (Å²) in [5, 5.41) is 0.928. The molecule has 0 atom stereocenters. The SMILES string of the molecule is Fc1ccc(Cl)c(-n2c(CCl)nc3c(Cl)cccc32)c1. The predicted octanol–water partition coefficient (Wildman–Crippen LogP) is 5.21. The first kappa shape index (κ1) is 13.7. The second-order valence-electron chi connectivity index (χ2n) is 4.20. The van der Waals surface area contributed by atoms with Crippen molar-refractivity contribution in [3.8, 4) is 5.69 Å². The third-order valence-electron chi connectivity index (χ3n) is 2.97. The third-order valence-corrected chi connectivity index (χ3v) is 3.84. The average Bonchev–Trinajstić information content (AvgIpc) is 2.81. The quantitative estimate of drug-likeness (QED) is 0.590. The molecule has 0 fully saturated rings. The number of para-hydroxylation sites is 1. The van der Waals surface area contributed by atoms with Gasteiger partial charge in [-0.05, 0) is 30.3 Å². The molecule has 3 aromatic rings. The van der Waals surface area contributed by atoms with Gasteiger partial charge in [0.1, 0.15) is 17.2 Å². The molecule has 3 rings (SSSR count). The topological polar surface area (TPSA) is 17.8 Å². The summed E-state index contributed by atoms with van der Waals surface area (Å²) in [4.78, 5) is 4.40. The summed E-state index contributed by atoms with van der Waals surface area (Å²) in [5.74, 6) is 0.341. The van der Waals surface area contributed by atoms with E-state index in [1.54, 1.807) is 16.7 Å². The number of fused-ring (bicyclic) bond motifs is 1. The van der Waals surface area contributed by atoms with Crippen LogP contribution >= 0.6 is 34.8 Å². The van der Waals surface area contributed by atoms with E-state index in [-0.39, 0.29) is 11.7 Å². The molecule has 1 aromatic heterocycles. The molecule has 0 radical (unpaired) electrons. The lowest BCUT2D eigenvalue weighted by Gasteiger charge is -2.10. The summed E-state index contributed by atoms with van der Waals surface area (Å²) in [6.07, 6.45) is 0. The lowest BCUT2D eigenvalue weighted by molar-refractivity contribution is 0.626. The van der Waals surface area contributed by atoms with Gasteiger partial charge in [-0.2, -0.15) is 0 Å². The number of alkyl halides is 1. The van der Waals surface area contributed by atoms with Crippen molar-refractivity contribution in [3.63, 3.8) is 0 Å². The van der Waals surface area contributed by atoms with E-state index in [0.717, 1.165) is 5.52 Å². The van der Waals surface area contributed by atoms with Crippen LogP contribution in [0.3, 0.4) is 0 Å². The van der Waals surface area contributed by atoms with Gasteiger partial charge >= 0.3 is 0 Å². The number of hydrogen-bond acceptors (Lipinski definition) is 1. The van der Waals surface area contributed by atoms with Crippen LogP contribution in [0.4, 0.5) is 4.39 Å². The number of nitrogens with zero attached hydrogens (tertiary/aromatic N) is 2. The van der Waals surface area contributed by atoms with E-state index in [1.165, 1.54) is 18.2 Å². The first-order valence-electron chi connectivity index (χ1n) is 5.79. The maximum absolute atomic E-state index is 13.5. The third kappa shape index (κ3) is 2.16. The molecule has 0 saturated heterocycles. The molecule has 0 saturated carbocycles. The molecule has 0 aliphatic rings. The molecule has 2 nitrogen and oxygen atoms in total. The number of rotatable bonds is 2. The first-order chi connectivity index (χ1) is 9.61. The Kier molecular flexibility index (Phi) is 3.59. The number of benzene rings is 2. The first-order valence-corrected chi connectivity index (χ1v) is 7.08. The normalized spacial score (nSPS) is 11.2. The van der Waals surface area contributed by atoms with E-state index >= 15 is 0 Å². The maximum Gasteiger partial charge on any atom is 0.129 e. The van der Waals surface area contributed by atoms with Crippen LogP contribution in [-0.4, -0.2) is 9.55 Å². The fraction of sp³-hybridized carbons (Fsp3) is 0.0714. The molecule has 20 heavy (non-hydrogen) atoms. The zero-order chi connectivity index (χ0) is 14.3. The Balaban J connectivity index is 2.40. The van der Waals surface area contributed by atoms with Gasteiger partial charge in [0.05, 0.1) is 27.1 Å². The number of imidazole rings is 1. The van der Waals surface area contributed by atoms with Gasteiger partial charge in [-0.1, -0.05) is 29.3 Å². The van der Waals surface area contributed by atoms with Gasteiger partial charge in [-0.25, -0.2) is 9.37 Å². The highest BCUT2D eigenvalue weighted by atomic mass is 35.5. The zero-order valence-electron chi connectivity index (χ0n) is 10.1. The summed E-state index contributed by atoms with van der Waals surface area (Å²) < 4.78 is 15.2. The standard InChI is InChI=1S/C14H8Cl3FN2/c15-7-13-19-14-10(17)2-1-3-11(14)20(13)12-6-8(18)4-5-9(12)16/h1-6H,7H2. The Labute approximate surface area is 129 Å². The van der Waals surface area contributed by atoms with Crippen LogP contribution in [0.15, 0.2) is 36.4 Å². The smallest absolute Gasteiger partial charge is 0.129 e. The fourth-order valence-electron chi connectivity index (χ4n) is 2.13. The molecule has 0 amide bonds. The van der Waals surface area contributed by atoms with Crippen molar-refractivity contribution < 1.29 is 4.39 Å². The minimum Gasteiger partial charge on any atom is -0.294 e. The van der Waals surface area contributed by atoms with Gasteiger partial charge in [-0.3, -0.25) is 4.57 Å². The summed E-state index contributed by atoms with van der Waals surface area (Å²) >= 11 is 18.2. The lowest BCUT2D eigenvalue weighted by atomic mass is 10.2. The van der Waals surface area contributed by atoms with Gasteiger partial charge in [0, 0.05) is 0 Å². The molecule has 1 heterocycles. The van der Waals surface area contributed by atoms with Crippen LogP contribution in [0.2, 0.25) is 10.0 Å². The Morgan fingerprint density at radius 3 is 2.65 bits per heavy atom. The summed E-state index contributed by atoms with van der Waals surface area (Å²) in [5.41, 5.74) is 1.85. The molecular formula is C14H8Cl3FN2. The van der Waals surface area contributed by atoms with Crippen LogP contribution in [0.1, 0.15) is 5.82 Å². The van der Waals surface area contributed by atoms with Crippen molar-refractivity contribution in [3.05, 3.63) is 58.1 Å². The van der Waals surface area contributed by atoms with Crippen LogP contribution in [0.5, 0.6) is 0 Å². The van der Waals surface area contributed by atoms with Crippen molar-refractivity contribution in [2.24, 2.45) is 0 Å². The number of aromatic nitrogens is 2. The van der Waals surface area contributed by atoms with E-state index in [2.05, 4.69) is 4.98 Å². The van der Waals surface area contributed by atoms with Crippen molar-refractivity contribution in [2.45, 2.75) is 5.88 Å². The zero-order valence-corrected chi connectivity index (χ0v) is 12.3. The van der Waals surface area contributed by atoms with Crippen LogP contribution in [0, 0.1) is 5.82 Å². The highest BCUT2D eigenvalue weighted by Crippen LogP contribution is 2.31. The number of halogens is 4. The lowest BCUT2D eigenvalue weighted by Crippen LogP contribution is -2.00.